The fourth-order valence-corrected chi connectivity index (χ4v) is 4.10. The normalized spacial score (nSPS) is 40.2. The van der Waals surface area contributed by atoms with Gasteiger partial charge in [-0.25, -0.2) is 0 Å². The molecule has 2 nitrogen and oxygen atoms in total. The first-order valence-corrected chi connectivity index (χ1v) is 7.18. The van der Waals surface area contributed by atoms with E-state index in [1.165, 1.54) is 12.0 Å². The van der Waals surface area contributed by atoms with Gasteiger partial charge in [0.1, 0.15) is 0 Å². The summed E-state index contributed by atoms with van der Waals surface area (Å²) in [5.74, 6) is 0.979. The van der Waals surface area contributed by atoms with E-state index in [9.17, 15) is 10.2 Å². The van der Waals surface area contributed by atoms with Crippen molar-refractivity contribution in [3.05, 3.63) is 35.9 Å². The number of aliphatic hydroxyl groups is 2. The lowest BCUT2D eigenvalue weighted by molar-refractivity contribution is -0.0701. The van der Waals surface area contributed by atoms with Gasteiger partial charge in [-0.2, -0.15) is 0 Å². The van der Waals surface area contributed by atoms with E-state index >= 15 is 0 Å². The minimum atomic E-state index is -0.232. The van der Waals surface area contributed by atoms with Crippen molar-refractivity contribution in [2.45, 2.75) is 50.2 Å². The topological polar surface area (TPSA) is 40.5 Å². The molecule has 2 aliphatic rings. The molecule has 0 bridgehead atoms. The molecule has 0 spiro atoms. The van der Waals surface area contributed by atoms with Gasteiger partial charge in [-0.15, -0.1) is 0 Å². The van der Waals surface area contributed by atoms with E-state index in [1.807, 2.05) is 6.07 Å². The highest BCUT2D eigenvalue weighted by Crippen LogP contribution is 2.48. The summed E-state index contributed by atoms with van der Waals surface area (Å²) < 4.78 is 0. The van der Waals surface area contributed by atoms with E-state index in [2.05, 4.69) is 24.3 Å². The summed E-state index contributed by atoms with van der Waals surface area (Å²) in [5.41, 5.74) is 1.33. The van der Waals surface area contributed by atoms with E-state index in [0.717, 1.165) is 25.7 Å². The fourth-order valence-electron chi connectivity index (χ4n) is 4.10. The first-order chi connectivity index (χ1) is 8.77. The van der Waals surface area contributed by atoms with Crippen molar-refractivity contribution in [2.75, 3.05) is 0 Å². The number of benzene rings is 1. The molecule has 98 valence electrons. The lowest BCUT2D eigenvalue weighted by Gasteiger charge is -2.46. The Bertz CT molecular complexity index is 389. The van der Waals surface area contributed by atoms with E-state index in [1.54, 1.807) is 0 Å². The van der Waals surface area contributed by atoms with Crippen molar-refractivity contribution < 1.29 is 10.2 Å². The van der Waals surface area contributed by atoms with Crippen LogP contribution in [0.4, 0.5) is 0 Å². The summed E-state index contributed by atoms with van der Waals surface area (Å²) in [4.78, 5) is 0. The predicted octanol–water partition coefficient (Wildman–Crippen LogP) is 2.70. The average Bonchev–Trinajstić information content (AvgIpc) is 2.43. The minimum Gasteiger partial charge on any atom is -0.393 e. The molecule has 0 heterocycles. The highest BCUT2D eigenvalue weighted by atomic mass is 16.3. The summed E-state index contributed by atoms with van der Waals surface area (Å²) in [6.45, 7) is 0. The van der Waals surface area contributed by atoms with E-state index in [0.29, 0.717) is 11.8 Å². The van der Waals surface area contributed by atoms with Crippen LogP contribution in [0.3, 0.4) is 0 Å². The molecule has 0 radical (unpaired) electrons. The highest BCUT2D eigenvalue weighted by molar-refractivity contribution is 5.22. The summed E-state index contributed by atoms with van der Waals surface area (Å²) in [6.07, 6.45) is 4.48. The lowest BCUT2D eigenvalue weighted by atomic mass is 9.61. The van der Waals surface area contributed by atoms with Crippen molar-refractivity contribution in [1.29, 1.82) is 0 Å². The quantitative estimate of drug-likeness (QED) is 0.800. The number of hydrogen-bond donors (Lipinski definition) is 2. The molecule has 1 aromatic rings. The molecule has 2 saturated carbocycles. The van der Waals surface area contributed by atoms with E-state index in [4.69, 9.17) is 0 Å². The van der Waals surface area contributed by atoms with Gasteiger partial charge < -0.3 is 10.2 Å². The Morgan fingerprint density at radius 3 is 2.33 bits per heavy atom. The molecular weight excluding hydrogens is 224 g/mol. The zero-order chi connectivity index (χ0) is 12.5. The maximum Gasteiger partial charge on any atom is 0.0578 e. The van der Waals surface area contributed by atoms with Crippen molar-refractivity contribution >= 4 is 0 Å². The largest absolute Gasteiger partial charge is 0.393 e. The third-order valence-corrected chi connectivity index (χ3v) is 4.94. The maximum absolute atomic E-state index is 10.3. The Morgan fingerprint density at radius 2 is 1.56 bits per heavy atom. The van der Waals surface area contributed by atoms with Crippen LogP contribution < -0.4 is 0 Å². The molecule has 1 aromatic carbocycles. The smallest absolute Gasteiger partial charge is 0.0578 e. The number of aliphatic hydroxyl groups excluding tert-OH is 2. The van der Waals surface area contributed by atoms with Gasteiger partial charge in [-0.05, 0) is 49.0 Å². The van der Waals surface area contributed by atoms with Crippen molar-refractivity contribution in [2.24, 2.45) is 11.8 Å². The van der Waals surface area contributed by atoms with E-state index < -0.39 is 0 Å². The van der Waals surface area contributed by atoms with Crippen LogP contribution in [0.1, 0.15) is 43.6 Å². The second-order valence-electron chi connectivity index (χ2n) is 5.90. The van der Waals surface area contributed by atoms with Crippen LogP contribution in [0.5, 0.6) is 0 Å². The molecule has 0 aromatic heterocycles. The van der Waals surface area contributed by atoms with Crippen LogP contribution in [0, 0.1) is 11.8 Å². The molecule has 2 heteroatoms. The van der Waals surface area contributed by atoms with E-state index in [-0.39, 0.29) is 18.1 Å². The molecule has 0 saturated heterocycles. The molecular formula is C16H22O2. The molecule has 2 aliphatic carbocycles. The van der Waals surface area contributed by atoms with Crippen LogP contribution in [-0.2, 0) is 0 Å². The van der Waals surface area contributed by atoms with Gasteiger partial charge in [0.05, 0.1) is 12.2 Å². The van der Waals surface area contributed by atoms with Gasteiger partial charge in [0.25, 0.3) is 0 Å². The van der Waals surface area contributed by atoms with Crippen LogP contribution in [0.25, 0.3) is 0 Å². The minimum absolute atomic E-state index is 0.204. The van der Waals surface area contributed by atoms with Gasteiger partial charge in [-0.1, -0.05) is 36.8 Å². The van der Waals surface area contributed by atoms with Gasteiger partial charge in [0.2, 0.25) is 0 Å². The van der Waals surface area contributed by atoms with Gasteiger partial charge in [-0.3, -0.25) is 0 Å². The maximum atomic E-state index is 10.3. The van der Waals surface area contributed by atoms with Crippen molar-refractivity contribution in [3.63, 3.8) is 0 Å². The van der Waals surface area contributed by atoms with Crippen LogP contribution in [0.2, 0.25) is 0 Å². The number of rotatable bonds is 1. The number of hydrogen-bond acceptors (Lipinski definition) is 2. The lowest BCUT2D eigenvalue weighted by Crippen LogP contribution is -2.45. The second kappa shape index (κ2) is 5.02. The first kappa shape index (κ1) is 12.2. The highest BCUT2D eigenvalue weighted by Gasteiger charge is 2.44. The summed E-state index contributed by atoms with van der Waals surface area (Å²) in [5, 5.41) is 20.5. The zero-order valence-corrected chi connectivity index (χ0v) is 10.7. The summed E-state index contributed by atoms with van der Waals surface area (Å²) in [7, 11) is 0. The van der Waals surface area contributed by atoms with Crippen molar-refractivity contribution in [3.8, 4) is 0 Å². The Kier molecular flexibility index (Phi) is 3.40. The molecule has 0 unspecified atom stereocenters. The molecule has 18 heavy (non-hydrogen) atoms. The Balaban J connectivity index is 1.90. The average molecular weight is 246 g/mol. The summed E-state index contributed by atoms with van der Waals surface area (Å²) >= 11 is 0. The van der Waals surface area contributed by atoms with Crippen LogP contribution in [-0.4, -0.2) is 22.4 Å². The third-order valence-electron chi connectivity index (χ3n) is 4.94. The first-order valence-electron chi connectivity index (χ1n) is 7.18. The van der Waals surface area contributed by atoms with Crippen LogP contribution in [0.15, 0.2) is 30.3 Å². The monoisotopic (exact) mass is 246 g/mol. The Hall–Kier alpha value is -0.860. The molecule has 0 aliphatic heterocycles. The molecule has 3 rings (SSSR count). The van der Waals surface area contributed by atoms with Crippen LogP contribution >= 0.6 is 0 Å². The Morgan fingerprint density at radius 1 is 0.833 bits per heavy atom. The fraction of sp³-hybridized carbons (Fsp3) is 0.625. The molecule has 0 amide bonds. The SMILES string of the molecule is O[C@@H]1CC[C@H](O)[C@H]2[C@H]1CCC[C@@H]2c1ccccc1. The van der Waals surface area contributed by atoms with Gasteiger partial charge in [0, 0.05) is 0 Å². The van der Waals surface area contributed by atoms with Gasteiger partial charge >= 0.3 is 0 Å². The van der Waals surface area contributed by atoms with Crippen molar-refractivity contribution in [1.82, 2.24) is 0 Å². The van der Waals surface area contributed by atoms with Gasteiger partial charge in [0.15, 0.2) is 0 Å². The standard InChI is InChI=1S/C16H22O2/c17-14-9-10-15(18)16-12(7-4-8-13(14)16)11-5-2-1-3-6-11/h1-3,5-6,12-18H,4,7-10H2/t12-,13+,14-,15+,16-/m1/s1. The third kappa shape index (κ3) is 2.08. The molecule has 2 fully saturated rings. The second-order valence-corrected chi connectivity index (χ2v) is 5.90. The predicted molar refractivity (Wildman–Crippen MR) is 71.3 cm³/mol. The zero-order valence-electron chi connectivity index (χ0n) is 10.7. The Labute approximate surface area is 109 Å². The number of fused-ring (bicyclic) bond motifs is 1. The molecule has 5 atom stereocenters. The summed E-state index contributed by atoms with van der Waals surface area (Å²) in [6, 6.07) is 10.5. The molecule has 2 N–H and O–H groups in total.